The van der Waals surface area contributed by atoms with Crippen molar-refractivity contribution in [3.8, 4) is 57.1 Å². The lowest BCUT2D eigenvalue weighted by molar-refractivity contribution is -0.138. The molecule has 5 heterocycles. The molecule has 0 aromatic heterocycles. The highest BCUT2D eigenvalue weighted by Crippen LogP contribution is 2.54. The van der Waals surface area contributed by atoms with Gasteiger partial charge >= 0.3 is 0 Å². The summed E-state index contributed by atoms with van der Waals surface area (Å²) in [6.07, 6.45) is -0.00924. The summed E-state index contributed by atoms with van der Waals surface area (Å²) in [5.74, 6) is -11.6. The van der Waals surface area contributed by atoms with Gasteiger partial charge in [0.1, 0.15) is 77.2 Å². The topological polar surface area (TPSA) is 397 Å². The lowest BCUT2D eigenvalue weighted by atomic mass is 9.54. The molecule has 94 heavy (non-hydrogen) atoms. The Bertz CT molecular complexity index is 3900. The number of carbonyl (C=O) groups is 8. The van der Waals surface area contributed by atoms with E-state index in [1.165, 1.54) is 62.6 Å². The number of rotatable bonds is 11. The molecule has 5 aromatic carbocycles. The SMILES string of the molecule is C=C(NC)NC(=O)C[C@@H]1NC(=O)[C@H](NC(=O)[C@@H](CC(C)C)NC)[C@H](O)c2ccc(c(Cl)c2)Oc2cc3cc(c2O)Oc2ccc(cc2Cl)[C@@H](O)[C@H]2NC(=O)[C@H](NC(=O)[C@@H]3NC1=O)c1ccc(O)c(c1)-c1c(O)cc(O)cc1[C@@H](C(=O)NC1C3CC4CC(C3)CC1C4)NC2=O. The fraction of sp³-hybridized carbons (Fsp3) is 0.394. The maximum Gasteiger partial charge on any atom is 0.248 e. The minimum absolute atomic E-state index is 0.0386. The Kier molecular flexibility index (Phi) is 19.0. The van der Waals surface area contributed by atoms with Crippen LogP contribution in [0.2, 0.25) is 10.0 Å². The number of nitrogens with one attached hydrogen (secondary N) is 10. The van der Waals surface area contributed by atoms with Crippen molar-refractivity contribution in [2.45, 2.75) is 119 Å². The average Bonchev–Trinajstić information content (AvgIpc) is 0.765. The van der Waals surface area contributed by atoms with Crippen molar-refractivity contribution in [2.75, 3.05) is 14.1 Å². The number of halogens is 2. The number of ether oxygens (including phenoxy) is 2. The van der Waals surface area contributed by atoms with E-state index in [4.69, 9.17) is 32.7 Å². The molecule has 16 N–H and O–H groups in total. The summed E-state index contributed by atoms with van der Waals surface area (Å²) in [5, 5.41) is 97.7. The lowest BCUT2D eigenvalue weighted by Gasteiger charge is -2.54. The molecular formula is C66H72Cl2N10O16. The number of aliphatic hydroxyl groups is 2. The van der Waals surface area contributed by atoms with Gasteiger partial charge in [0, 0.05) is 30.3 Å². The Morgan fingerprint density at radius 1 is 0.628 bits per heavy atom. The zero-order valence-electron chi connectivity index (χ0n) is 51.3. The molecule has 9 aliphatic rings. The summed E-state index contributed by atoms with van der Waals surface area (Å²) in [5.41, 5.74) is -1.53. The molecule has 0 radical (unpaired) electrons. The van der Waals surface area contributed by atoms with Crippen molar-refractivity contribution >= 4 is 70.5 Å². The normalized spacial score (nSPS) is 26.6. The van der Waals surface area contributed by atoms with Gasteiger partial charge in [0.2, 0.25) is 53.0 Å². The molecule has 28 heteroatoms. The molecule has 0 spiro atoms. The number of aromatic hydroxyl groups is 4. The molecule has 4 aliphatic carbocycles. The van der Waals surface area contributed by atoms with Crippen LogP contribution in [0.1, 0.15) is 117 Å². The van der Waals surface area contributed by atoms with Gasteiger partial charge in [-0.1, -0.05) is 61.8 Å². The minimum Gasteiger partial charge on any atom is -0.508 e. The third-order valence-corrected chi connectivity index (χ3v) is 19.0. The maximum atomic E-state index is 15.8. The molecule has 8 amide bonds. The molecule has 15 bridgehead atoms. The first-order valence-electron chi connectivity index (χ1n) is 30.8. The van der Waals surface area contributed by atoms with Gasteiger partial charge in [0.05, 0.1) is 28.3 Å². The van der Waals surface area contributed by atoms with Crippen molar-refractivity contribution in [1.82, 2.24) is 53.2 Å². The second-order valence-electron chi connectivity index (χ2n) is 25.3. The van der Waals surface area contributed by atoms with Gasteiger partial charge in [0.15, 0.2) is 11.5 Å². The van der Waals surface area contributed by atoms with E-state index in [2.05, 4.69) is 59.7 Å². The van der Waals surface area contributed by atoms with Crippen LogP contribution in [0.25, 0.3) is 11.1 Å². The number of hydrogen-bond acceptors (Lipinski definition) is 18. The smallest absolute Gasteiger partial charge is 0.248 e. The summed E-state index contributed by atoms with van der Waals surface area (Å²) in [7, 11) is 2.95. The van der Waals surface area contributed by atoms with Gasteiger partial charge in [-0.2, -0.15) is 0 Å². The molecule has 9 atom stereocenters. The summed E-state index contributed by atoms with van der Waals surface area (Å²) in [6, 6.07) is 1.87. The van der Waals surface area contributed by atoms with Gasteiger partial charge in [0.25, 0.3) is 0 Å². The largest absolute Gasteiger partial charge is 0.508 e. The molecule has 14 rings (SSSR count). The van der Waals surface area contributed by atoms with Crippen LogP contribution in [0.3, 0.4) is 0 Å². The zero-order chi connectivity index (χ0) is 67.3. The molecule has 0 unspecified atom stereocenters. The number of phenolic OH excluding ortho intramolecular Hbond substituents is 4. The van der Waals surface area contributed by atoms with E-state index in [-0.39, 0.29) is 96.5 Å². The average molecular weight is 1330 g/mol. The van der Waals surface area contributed by atoms with Crippen LogP contribution in [0.5, 0.6) is 46.0 Å². The van der Waals surface area contributed by atoms with Crippen molar-refractivity contribution < 1.29 is 78.5 Å². The maximum absolute atomic E-state index is 15.8. The number of likely N-dealkylation sites (N-methyl/N-ethyl adjacent to an activating group) is 1. The van der Waals surface area contributed by atoms with Crippen LogP contribution in [-0.4, -0.2) is 122 Å². The Balaban J connectivity index is 1.08. The second-order valence-corrected chi connectivity index (χ2v) is 26.1. The van der Waals surface area contributed by atoms with Crippen LogP contribution < -0.4 is 62.6 Å². The van der Waals surface area contributed by atoms with E-state index < -0.39 is 143 Å². The molecule has 0 saturated heterocycles. The van der Waals surface area contributed by atoms with E-state index in [1.807, 2.05) is 13.8 Å². The monoisotopic (exact) mass is 1330 g/mol. The fourth-order valence-electron chi connectivity index (χ4n) is 14.0. The highest BCUT2D eigenvalue weighted by Gasteiger charge is 2.50. The van der Waals surface area contributed by atoms with Crippen LogP contribution in [0, 0.1) is 29.6 Å². The van der Waals surface area contributed by atoms with E-state index >= 15 is 24.0 Å². The van der Waals surface area contributed by atoms with Crippen LogP contribution in [0.4, 0.5) is 0 Å². The second kappa shape index (κ2) is 26.9. The zero-order valence-corrected chi connectivity index (χ0v) is 52.9. The van der Waals surface area contributed by atoms with Crippen LogP contribution in [-0.2, 0) is 38.4 Å². The number of amides is 8. The quantitative estimate of drug-likeness (QED) is 0.0861. The van der Waals surface area contributed by atoms with E-state index in [1.54, 1.807) is 0 Å². The Morgan fingerprint density at radius 2 is 1.21 bits per heavy atom. The van der Waals surface area contributed by atoms with Crippen LogP contribution >= 0.6 is 23.2 Å². The Hall–Kier alpha value is -9.34. The van der Waals surface area contributed by atoms with Gasteiger partial charge in [-0.3, -0.25) is 38.4 Å². The minimum atomic E-state index is -2.16. The van der Waals surface area contributed by atoms with E-state index in [0.29, 0.717) is 11.8 Å². The highest BCUT2D eigenvalue weighted by atomic mass is 35.5. The number of carbonyl (C=O) groups excluding carboxylic acids is 8. The standard InChI is InChI=1S/C66H72Cl2N10O16/c1-26(2)12-41(70-5)60(86)77-55-57(83)31-7-10-45(39(67)19-31)93-47-21-35-22-48(59(47)85)94-46-11-8-32(20-40(46)68)58(84)56-66(92)76-54(64(90)73-51-33-14-28-13-29(16-33)17-34(51)15-28)38-23-36(79)24-44(81)50(38)37-18-30(6-9-43(37)80)52(62(88)78-56)75-63(89)53(35)74-61(87)42(72-65(55)91)25-49(82)71-27(3)69-4/h6-11,18-24,26,28-29,33-34,41-42,51-58,69-70,79-81,83-85H,3,12-17,25H2,1-2,4-5H3,(H,71,82)(H,72,91)(H,73,90)(H,74,87)(H,75,89)(H,76,92)(H,77,86)(H,78,88)/t28?,29?,33?,34?,41-,42+,51?,52-,53-,54+,55-,56-,57-,58-/m1/s1. The van der Waals surface area contributed by atoms with E-state index in [0.717, 1.165) is 62.4 Å². The van der Waals surface area contributed by atoms with Crippen molar-refractivity contribution in [3.63, 3.8) is 0 Å². The Morgan fingerprint density at radius 3 is 1.81 bits per heavy atom. The first kappa shape index (κ1) is 66.1. The first-order chi connectivity index (χ1) is 44.7. The van der Waals surface area contributed by atoms with Crippen LogP contribution in [0.15, 0.2) is 91.3 Å². The Labute approximate surface area is 548 Å². The first-order valence-corrected chi connectivity index (χ1v) is 31.5. The van der Waals surface area contributed by atoms with Crippen molar-refractivity contribution in [2.24, 2.45) is 29.6 Å². The third kappa shape index (κ3) is 13.6. The predicted octanol–water partition coefficient (Wildman–Crippen LogP) is 4.57. The number of aliphatic hydroxyl groups excluding tert-OH is 2. The van der Waals surface area contributed by atoms with Gasteiger partial charge in [-0.25, -0.2) is 0 Å². The lowest BCUT2D eigenvalue weighted by Crippen LogP contribution is -2.59. The van der Waals surface area contributed by atoms with Crippen molar-refractivity contribution in [3.05, 3.63) is 129 Å². The van der Waals surface area contributed by atoms with Gasteiger partial charge in [-0.15, -0.1) is 0 Å². The number of fused-ring (bicyclic) bond motifs is 15. The predicted molar refractivity (Wildman–Crippen MR) is 339 cm³/mol. The number of benzene rings is 5. The molecule has 496 valence electrons. The fourth-order valence-corrected chi connectivity index (χ4v) is 14.5. The third-order valence-electron chi connectivity index (χ3n) is 18.5. The molecule has 4 saturated carbocycles. The number of phenols is 4. The van der Waals surface area contributed by atoms with Crippen molar-refractivity contribution in [1.29, 1.82) is 0 Å². The molecule has 5 aromatic rings. The highest BCUT2D eigenvalue weighted by molar-refractivity contribution is 6.32. The van der Waals surface area contributed by atoms with Gasteiger partial charge < -0.3 is 93.3 Å². The summed E-state index contributed by atoms with van der Waals surface area (Å²) < 4.78 is 12.5. The summed E-state index contributed by atoms with van der Waals surface area (Å²) in [4.78, 5) is 120. The van der Waals surface area contributed by atoms with Gasteiger partial charge in [-0.05, 0) is 158 Å². The molecule has 4 fully saturated rings. The summed E-state index contributed by atoms with van der Waals surface area (Å²) >= 11 is 13.8. The van der Waals surface area contributed by atoms with E-state index in [9.17, 15) is 45.0 Å². The summed E-state index contributed by atoms with van der Waals surface area (Å²) in [6.45, 7) is 7.42. The molecule has 26 nitrogen and oxygen atoms in total. The molecular weight excluding hydrogens is 1260 g/mol. The molecule has 5 aliphatic heterocycles. The number of hydrogen-bond donors (Lipinski definition) is 16.